The molecule has 3 aromatic rings. The predicted octanol–water partition coefficient (Wildman–Crippen LogP) is 6.02. The molecule has 2 aromatic carbocycles. The summed E-state index contributed by atoms with van der Waals surface area (Å²) in [5.74, 6) is 0.594. The molecule has 1 aliphatic rings. The molecule has 1 unspecified atom stereocenters. The van der Waals surface area contributed by atoms with Crippen LogP contribution in [0, 0.1) is 0 Å². The molecule has 0 N–H and O–H groups in total. The lowest BCUT2D eigenvalue weighted by Crippen LogP contribution is -2.28. The number of amides is 1. The van der Waals surface area contributed by atoms with Gasteiger partial charge < -0.3 is 9.47 Å². The zero-order chi connectivity index (χ0) is 20.2. The Labute approximate surface area is 174 Å². The Hall–Kier alpha value is -2.55. The monoisotopic (exact) mass is 388 g/mol. The minimum absolute atomic E-state index is 0.172. The van der Waals surface area contributed by atoms with Gasteiger partial charge in [-0.05, 0) is 48.6 Å². The maximum atomic E-state index is 13.0. The van der Waals surface area contributed by atoms with Gasteiger partial charge in [-0.25, -0.2) is 0 Å². The van der Waals surface area contributed by atoms with Crippen molar-refractivity contribution in [3.8, 4) is 0 Å². The molecule has 152 valence electrons. The summed E-state index contributed by atoms with van der Waals surface area (Å²) >= 11 is 0. The third-order valence-electron chi connectivity index (χ3n) is 6.23. The molecule has 1 fully saturated rings. The molecule has 0 saturated carbocycles. The van der Waals surface area contributed by atoms with Gasteiger partial charge >= 0.3 is 0 Å². The van der Waals surface area contributed by atoms with Crippen LogP contribution in [-0.2, 0) is 13.0 Å². The second kappa shape index (κ2) is 8.86. The van der Waals surface area contributed by atoms with E-state index in [0.717, 1.165) is 44.5 Å². The molecule has 3 heteroatoms. The number of para-hydroxylation sites is 1. The van der Waals surface area contributed by atoms with Crippen LogP contribution in [0.2, 0.25) is 0 Å². The number of rotatable bonds is 7. The van der Waals surface area contributed by atoms with E-state index in [1.165, 1.54) is 34.9 Å². The first-order valence-electron chi connectivity index (χ1n) is 11.2. The standard InChI is InChI=1S/C26H32N2O/c1-3-5-16-27-19-24(23-9-6-7-10-25(23)27)22-15-17-28(18-22)26(29)21-13-11-20(8-4-2)12-14-21/h6-7,9-14,19,22H,3-5,8,15-18H2,1-2H3. The van der Waals surface area contributed by atoms with Crippen LogP contribution in [0.4, 0.5) is 0 Å². The number of unbranched alkanes of at least 4 members (excludes halogenated alkanes) is 1. The number of carbonyl (C=O) groups is 1. The van der Waals surface area contributed by atoms with E-state index in [2.05, 4.69) is 61.0 Å². The van der Waals surface area contributed by atoms with Crippen molar-refractivity contribution in [2.75, 3.05) is 13.1 Å². The average Bonchev–Trinajstić information content (AvgIpc) is 3.38. The highest BCUT2D eigenvalue weighted by molar-refractivity contribution is 5.94. The molecule has 0 aliphatic carbocycles. The molecule has 3 nitrogen and oxygen atoms in total. The topological polar surface area (TPSA) is 25.2 Å². The van der Waals surface area contributed by atoms with E-state index in [1.807, 2.05) is 17.0 Å². The van der Waals surface area contributed by atoms with E-state index in [9.17, 15) is 4.79 Å². The number of aryl methyl sites for hydroxylation is 2. The predicted molar refractivity (Wildman–Crippen MR) is 121 cm³/mol. The zero-order valence-corrected chi connectivity index (χ0v) is 17.7. The van der Waals surface area contributed by atoms with Crippen LogP contribution < -0.4 is 0 Å². The Bertz CT molecular complexity index is 970. The Kier molecular flexibility index (Phi) is 6.03. The van der Waals surface area contributed by atoms with Crippen molar-refractivity contribution in [2.45, 2.75) is 58.4 Å². The number of hydrogen-bond acceptors (Lipinski definition) is 1. The third-order valence-corrected chi connectivity index (χ3v) is 6.23. The summed E-state index contributed by atoms with van der Waals surface area (Å²) in [6, 6.07) is 16.9. The van der Waals surface area contributed by atoms with Crippen LogP contribution in [0.1, 0.15) is 66.9 Å². The summed E-state index contributed by atoms with van der Waals surface area (Å²) in [7, 11) is 0. The molecule has 2 heterocycles. The number of aromatic nitrogens is 1. The Morgan fingerprint density at radius 1 is 1.03 bits per heavy atom. The van der Waals surface area contributed by atoms with E-state index in [4.69, 9.17) is 0 Å². The molecule has 0 bridgehead atoms. The van der Waals surface area contributed by atoms with Gasteiger partial charge in [0.15, 0.2) is 0 Å². The number of carbonyl (C=O) groups excluding carboxylic acids is 1. The first-order chi connectivity index (χ1) is 14.2. The summed E-state index contributed by atoms with van der Waals surface area (Å²) in [5, 5.41) is 1.35. The summed E-state index contributed by atoms with van der Waals surface area (Å²) in [5.41, 5.74) is 4.86. The highest BCUT2D eigenvalue weighted by atomic mass is 16.2. The molecule has 1 aliphatic heterocycles. The van der Waals surface area contributed by atoms with E-state index in [1.54, 1.807) is 0 Å². The van der Waals surface area contributed by atoms with E-state index in [-0.39, 0.29) is 5.91 Å². The summed E-state index contributed by atoms with van der Waals surface area (Å²) < 4.78 is 2.41. The van der Waals surface area contributed by atoms with Crippen molar-refractivity contribution in [3.05, 3.63) is 71.4 Å². The molecule has 1 amide bonds. The molecule has 1 saturated heterocycles. The molecule has 4 rings (SSSR count). The molecule has 0 spiro atoms. The van der Waals surface area contributed by atoms with E-state index in [0.29, 0.717) is 5.92 Å². The quantitative estimate of drug-likeness (QED) is 0.485. The van der Waals surface area contributed by atoms with Crippen molar-refractivity contribution in [1.29, 1.82) is 0 Å². The zero-order valence-electron chi connectivity index (χ0n) is 17.7. The number of nitrogens with zero attached hydrogens (tertiary/aromatic N) is 2. The van der Waals surface area contributed by atoms with Gasteiger partial charge in [-0.3, -0.25) is 4.79 Å². The number of hydrogen-bond donors (Lipinski definition) is 0. The molecule has 1 atom stereocenters. The molecular weight excluding hydrogens is 356 g/mol. The van der Waals surface area contributed by atoms with Gasteiger partial charge in [0.25, 0.3) is 5.91 Å². The highest BCUT2D eigenvalue weighted by Crippen LogP contribution is 2.34. The van der Waals surface area contributed by atoms with Crippen molar-refractivity contribution in [2.24, 2.45) is 0 Å². The SMILES string of the molecule is CCCCn1cc(C2CCN(C(=O)c3ccc(CCC)cc3)C2)c2ccccc21. The molecule has 29 heavy (non-hydrogen) atoms. The van der Waals surface area contributed by atoms with Crippen LogP contribution in [0.15, 0.2) is 54.7 Å². The van der Waals surface area contributed by atoms with E-state index < -0.39 is 0 Å². The van der Waals surface area contributed by atoms with Gasteiger partial charge in [-0.1, -0.05) is 57.0 Å². The largest absolute Gasteiger partial charge is 0.347 e. The number of likely N-dealkylation sites (tertiary alicyclic amines) is 1. The van der Waals surface area contributed by atoms with Crippen molar-refractivity contribution in [3.63, 3.8) is 0 Å². The fourth-order valence-electron chi connectivity index (χ4n) is 4.60. The first-order valence-corrected chi connectivity index (χ1v) is 11.2. The number of fused-ring (bicyclic) bond motifs is 1. The highest BCUT2D eigenvalue weighted by Gasteiger charge is 2.29. The Morgan fingerprint density at radius 3 is 2.59 bits per heavy atom. The maximum absolute atomic E-state index is 13.0. The van der Waals surface area contributed by atoms with Gasteiger partial charge in [0, 0.05) is 48.2 Å². The molecular formula is C26H32N2O. The van der Waals surface area contributed by atoms with Crippen LogP contribution in [0.25, 0.3) is 10.9 Å². The fraction of sp³-hybridized carbons (Fsp3) is 0.423. The third kappa shape index (κ3) is 4.10. The second-order valence-corrected chi connectivity index (χ2v) is 8.33. The first kappa shape index (κ1) is 19.8. The second-order valence-electron chi connectivity index (χ2n) is 8.33. The smallest absolute Gasteiger partial charge is 0.253 e. The van der Waals surface area contributed by atoms with Crippen molar-refractivity contribution in [1.82, 2.24) is 9.47 Å². The molecule has 0 radical (unpaired) electrons. The van der Waals surface area contributed by atoms with Crippen LogP contribution in [0.5, 0.6) is 0 Å². The van der Waals surface area contributed by atoms with Gasteiger partial charge in [-0.15, -0.1) is 0 Å². The van der Waals surface area contributed by atoms with Crippen LogP contribution in [-0.4, -0.2) is 28.5 Å². The summed E-state index contributed by atoms with van der Waals surface area (Å²) in [4.78, 5) is 15.1. The van der Waals surface area contributed by atoms with Crippen molar-refractivity contribution >= 4 is 16.8 Å². The number of benzene rings is 2. The Balaban J connectivity index is 1.51. The maximum Gasteiger partial charge on any atom is 0.253 e. The lowest BCUT2D eigenvalue weighted by Gasteiger charge is -2.17. The summed E-state index contributed by atoms with van der Waals surface area (Å²) in [6.45, 7) is 7.15. The average molecular weight is 389 g/mol. The van der Waals surface area contributed by atoms with Gasteiger partial charge in [0.05, 0.1) is 0 Å². The normalized spacial score (nSPS) is 16.6. The van der Waals surface area contributed by atoms with Crippen molar-refractivity contribution < 1.29 is 4.79 Å². The summed E-state index contributed by atoms with van der Waals surface area (Å²) in [6.07, 6.45) is 7.99. The van der Waals surface area contributed by atoms with Crippen LogP contribution >= 0.6 is 0 Å². The minimum atomic E-state index is 0.172. The molecule has 1 aromatic heterocycles. The van der Waals surface area contributed by atoms with Gasteiger partial charge in [-0.2, -0.15) is 0 Å². The lowest BCUT2D eigenvalue weighted by atomic mass is 9.98. The fourth-order valence-corrected chi connectivity index (χ4v) is 4.60. The van der Waals surface area contributed by atoms with Gasteiger partial charge in [0.1, 0.15) is 0 Å². The minimum Gasteiger partial charge on any atom is -0.347 e. The van der Waals surface area contributed by atoms with Gasteiger partial charge in [0.2, 0.25) is 0 Å². The lowest BCUT2D eigenvalue weighted by molar-refractivity contribution is 0.0791. The Morgan fingerprint density at radius 2 is 1.83 bits per heavy atom. The van der Waals surface area contributed by atoms with E-state index >= 15 is 0 Å². The van der Waals surface area contributed by atoms with Crippen LogP contribution in [0.3, 0.4) is 0 Å².